The molecule has 0 aromatic rings. The first-order valence-electron chi connectivity index (χ1n) is 15.2. The van der Waals surface area contributed by atoms with Gasteiger partial charge in [0.15, 0.2) is 6.10 Å². The molecule has 5 nitrogen and oxygen atoms in total. The van der Waals surface area contributed by atoms with E-state index in [1.54, 1.807) is 0 Å². The van der Waals surface area contributed by atoms with E-state index in [-0.39, 0.29) is 25.2 Å². The summed E-state index contributed by atoms with van der Waals surface area (Å²) in [5, 5.41) is 9.45. The van der Waals surface area contributed by atoms with E-state index in [1.807, 2.05) is 0 Å². The second kappa shape index (κ2) is 28.2. The van der Waals surface area contributed by atoms with Crippen molar-refractivity contribution in [2.75, 3.05) is 13.2 Å². The van der Waals surface area contributed by atoms with Gasteiger partial charge in [0.1, 0.15) is 6.61 Å². The Labute approximate surface area is 222 Å². The van der Waals surface area contributed by atoms with Gasteiger partial charge in [-0.05, 0) is 38.5 Å². The Morgan fingerprint density at radius 1 is 0.611 bits per heavy atom. The van der Waals surface area contributed by atoms with E-state index in [9.17, 15) is 14.7 Å². The van der Waals surface area contributed by atoms with Crippen LogP contribution in [-0.2, 0) is 19.1 Å². The molecule has 0 saturated heterocycles. The molecule has 0 rings (SSSR count). The number of carbonyl (C=O) groups is 2. The molecule has 0 fully saturated rings. The second-order valence-corrected chi connectivity index (χ2v) is 10.2. The van der Waals surface area contributed by atoms with E-state index in [1.165, 1.54) is 83.5 Å². The third-order valence-electron chi connectivity index (χ3n) is 6.56. The molecule has 0 aromatic carbocycles. The van der Waals surface area contributed by atoms with Gasteiger partial charge in [-0.2, -0.15) is 0 Å². The highest BCUT2D eigenvalue weighted by Gasteiger charge is 2.16. The van der Waals surface area contributed by atoms with Crippen molar-refractivity contribution in [2.45, 2.75) is 161 Å². The quantitative estimate of drug-likeness (QED) is 0.0680. The molecule has 0 aliphatic heterocycles. The molecular weight excluding hydrogens is 452 g/mol. The number of esters is 2. The van der Waals surface area contributed by atoms with Crippen molar-refractivity contribution in [3.8, 4) is 0 Å². The minimum absolute atomic E-state index is 0.0649. The number of hydrogen-bond acceptors (Lipinski definition) is 5. The van der Waals surface area contributed by atoms with Crippen LogP contribution in [0.25, 0.3) is 0 Å². The lowest BCUT2D eigenvalue weighted by atomic mass is 10.1. The summed E-state index contributed by atoms with van der Waals surface area (Å²) in [5.41, 5.74) is 0. The average molecular weight is 511 g/mol. The summed E-state index contributed by atoms with van der Waals surface area (Å²) in [6.07, 6.45) is 28.3. The van der Waals surface area contributed by atoms with Gasteiger partial charge in [-0.15, -0.1) is 0 Å². The SMILES string of the molecule is CCCCCC/C=C\CCCCCCCC(=O)O[C@@H](CO)COC(=O)CCCCCCCCCCC. The number of rotatable bonds is 27. The van der Waals surface area contributed by atoms with Crippen LogP contribution in [-0.4, -0.2) is 36.4 Å². The van der Waals surface area contributed by atoms with Crippen molar-refractivity contribution in [2.24, 2.45) is 0 Å². The van der Waals surface area contributed by atoms with Gasteiger partial charge in [0.2, 0.25) is 0 Å². The molecule has 212 valence electrons. The number of ether oxygens (including phenoxy) is 2. The van der Waals surface area contributed by atoms with Gasteiger partial charge in [-0.25, -0.2) is 0 Å². The van der Waals surface area contributed by atoms with Crippen LogP contribution in [0.1, 0.15) is 155 Å². The van der Waals surface area contributed by atoms with E-state index in [0.717, 1.165) is 44.9 Å². The number of hydrogen-bond donors (Lipinski definition) is 1. The first-order chi connectivity index (χ1) is 17.6. The third-order valence-corrected chi connectivity index (χ3v) is 6.56. The Morgan fingerprint density at radius 2 is 1.03 bits per heavy atom. The maximum atomic E-state index is 12.0. The molecule has 0 aliphatic rings. The molecule has 0 spiro atoms. The topological polar surface area (TPSA) is 72.8 Å². The largest absolute Gasteiger partial charge is 0.462 e. The first-order valence-corrected chi connectivity index (χ1v) is 15.2. The Morgan fingerprint density at radius 3 is 1.53 bits per heavy atom. The van der Waals surface area contributed by atoms with Crippen LogP contribution >= 0.6 is 0 Å². The maximum Gasteiger partial charge on any atom is 0.306 e. The number of allylic oxidation sites excluding steroid dienone is 2. The highest BCUT2D eigenvalue weighted by Crippen LogP contribution is 2.12. The summed E-state index contributed by atoms with van der Waals surface area (Å²) < 4.78 is 10.5. The zero-order chi connectivity index (χ0) is 26.5. The third kappa shape index (κ3) is 25.7. The molecular formula is C31H58O5. The minimum Gasteiger partial charge on any atom is -0.462 e. The van der Waals surface area contributed by atoms with E-state index >= 15 is 0 Å². The van der Waals surface area contributed by atoms with Crippen molar-refractivity contribution < 1.29 is 24.2 Å². The van der Waals surface area contributed by atoms with Crippen molar-refractivity contribution in [1.29, 1.82) is 0 Å². The number of carbonyl (C=O) groups excluding carboxylic acids is 2. The van der Waals surface area contributed by atoms with Gasteiger partial charge in [0, 0.05) is 12.8 Å². The van der Waals surface area contributed by atoms with E-state index < -0.39 is 6.10 Å². The first kappa shape index (κ1) is 34.6. The summed E-state index contributed by atoms with van der Waals surface area (Å²) in [5.74, 6) is -0.603. The molecule has 0 heterocycles. The Balaban J connectivity index is 3.61. The van der Waals surface area contributed by atoms with Crippen LogP contribution < -0.4 is 0 Å². The molecule has 0 aliphatic carbocycles. The molecule has 1 atom stereocenters. The summed E-state index contributed by atoms with van der Waals surface area (Å²) in [6.45, 7) is 4.07. The van der Waals surface area contributed by atoms with Gasteiger partial charge < -0.3 is 14.6 Å². The van der Waals surface area contributed by atoms with Gasteiger partial charge in [0.25, 0.3) is 0 Å². The molecule has 0 saturated carbocycles. The summed E-state index contributed by atoms with van der Waals surface area (Å²) >= 11 is 0. The van der Waals surface area contributed by atoms with Gasteiger partial charge in [0.05, 0.1) is 6.61 Å². The van der Waals surface area contributed by atoms with Crippen molar-refractivity contribution in [1.82, 2.24) is 0 Å². The van der Waals surface area contributed by atoms with Crippen LogP contribution in [0.2, 0.25) is 0 Å². The Kier molecular flexibility index (Phi) is 27.1. The van der Waals surface area contributed by atoms with Crippen LogP contribution in [0.15, 0.2) is 12.2 Å². The lowest BCUT2D eigenvalue weighted by Gasteiger charge is -2.15. The van der Waals surface area contributed by atoms with E-state index in [4.69, 9.17) is 9.47 Å². The maximum absolute atomic E-state index is 12.0. The van der Waals surface area contributed by atoms with Gasteiger partial charge in [-0.3, -0.25) is 9.59 Å². The predicted molar refractivity (Wildman–Crippen MR) is 150 cm³/mol. The number of unbranched alkanes of at least 4 members (excludes halogenated alkanes) is 17. The highest BCUT2D eigenvalue weighted by molar-refractivity contribution is 5.70. The highest BCUT2D eigenvalue weighted by atomic mass is 16.6. The molecule has 0 radical (unpaired) electrons. The minimum atomic E-state index is -0.765. The number of aliphatic hydroxyl groups excluding tert-OH is 1. The lowest BCUT2D eigenvalue weighted by Crippen LogP contribution is -2.28. The van der Waals surface area contributed by atoms with E-state index in [0.29, 0.717) is 12.8 Å². The fourth-order valence-electron chi connectivity index (χ4n) is 4.19. The molecule has 36 heavy (non-hydrogen) atoms. The summed E-state index contributed by atoms with van der Waals surface area (Å²) in [4.78, 5) is 23.9. The fourth-order valence-corrected chi connectivity index (χ4v) is 4.19. The molecule has 0 aromatic heterocycles. The van der Waals surface area contributed by atoms with Crippen molar-refractivity contribution >= 4 is 11.9 Å². The average Bonchev–Trinajstić information content (AvgIpc) is 2.88. The van der Waals surface area contributed by atoms with Crippen molar-refractivity contribution in [3.05, 3.63) is 12.2 Å². The van der Waals surface area contributed by atoms with Crippen LogP contribution in [0.4, 0.5) is 0 Å². The molecule has 0 bridgehead atoms. The number of aliphatic hydroxyl groups is 1. The molecule has 5 heteroatoms. The van der Waals surface area contributed by atoms with Crippen LogP contribution in [0.5, 0.6) is 0 Å². The van der Waals surface area contributed by atoms with Crippen LogP contribution in [0, 0.1) is 0 Å². The smallest absolute Gasteiger partial charge is 0.306 e. The van der Waals surface area contributed by atoms with Gasteiger partial charge in [-0.1, -0.05) is 116 Å². The zero-order valence-electron chi connectivity index (χ0n) is 23.8. The van der Waals surface area contributed by atoms with Crippen LogP contribution in [0.3, 0.4) is 0 Å². The lowest BCUT2D eigenvalue weighted by molar-refractivity contribution is -0.161. The van der Waals surface area contributed by atoms with E-state index in [2.05, 4.69) is 26.0 Å². The standard InChI is InChI=1S/C31H58O5/c1-3-5-7-9-11-13-14-15-16-18-20-22-24-26-31(34)36-29(27-32)28-35-30(33)25-23-21-19-17-12-10-8-6-4-2/h13-14,29,32H,3-12,15-28H2,1-2H3/b14-13-/t29-/m0/s1. The summed E-state index contributed by atoms with van der Waals surface area (Å²) in [7, 11) is 0. The Bertz CT molecular complexity index is 517. The monoisotopic (exact) mass is 510 g/mol. The molecule has 0 amide bonds. The normalized spacial score (nSPS) is 12.2. The fraction of sp³-hybridized carbons (Fsp3) is 0.871. The Hall–Kier alpha value is -1.36. The summed E-state index contributed by atoms with van der Waals surface area (Å²) in [6, 6.07) is 0. The molecule has 0 unspecified atom stereocenters. The second-order valence-electron chi connectivity index (χ2n) is 10.2. The zero-order valence-corrected chi connectivity index (χ0v) is 23.8. The van der Waals surface area contributed by atoms with Crippen molar-refractivity contribution in [3.63, 3.8) is 0 Å². The van der Waals surface area contributed by atoms with Gasteiger partial charge >= 0.3 is 11.9 Å². The molecule has 1 N–H and O–H groups in total. The predicted octanol–water partition coefficient (Wildman–Crippen LogP) is 8.61.